The van der Waals surface area contributed by atoms with E-state index in [0.717, 1.165) is 0 Å². The van der Waals surface area contributed by atoms with Gasteiger partial charge in [-0.2, -0.15) is 0 Å². The van der Waals surface area contributed by atoms with E-state index >= 15 is 0 Å². The lowest BCUT2D eigenvalue weighted by atomic mass is 9.80. The molecule has 0 aliphatic heterocycles. The minimum absolute atomic E-state index is 0.0846. The first-order valence-corrected chi connectivity index (χ1v) is 6.17. The van der Waals surface area contributed by atoms with Crippen LogP contribution in [-0.2, 0) is 11.3 Å². The standard InChI is InChI=1S/C12H20N4O3/c1-4-12(5-2,10(13)16-18)11(17)15-7-9-14-6-8(3)19-9/h6,18H,4-5,7H2,1-3H3,(H2,13,16)(H,15,17). The highest BCUT2D eigenvalue weighted by Gasteiger charge is 2.39. The predicted octanol–water partition coefficient (Wildman–Crippen LogP) is 1.15. The number of carbonyl (C=O) groups is 1. The van der Waals surface area contributed by atoms with Crippen molar-refractivity contribution in [2.75, 3.05) is 0 Å². The molecule has 1 amide bonds. The summed E-state index contributed by atoms with van der Waals surface area (Å²) in [5.74, 6) is 0.714. The van der Waals surface area contributed by atoms with Gasteiger partial charge < -0.3 is 20.7 Å². The van der Waals surface area contributed by atoms with Crippen LogP contribution in [0.25, 0.3) is 0 Å². The quantitative estimate of drug-likeness (QED) is 0.310. The van der Waals surface area contributed by atoms with Gasteiger partial charge in [-0.3, -0.25) is 4.79 Å². The van der Waals surface area contributed by atoms with Crippen molar-refractivity contribution in [2.24, 2.45) is 16.3 Å². The van der Waals surface area contributed by atoms with E-state index in [-0.39, 0.29) is 18.3 Å². The zero-order valence-electron chi connectivity index (χ0n) is 11.4. The van der Waals surface area contributed by atoms with E-state index in [1.165, 1.54) is 0 Å². The van der Waals surface area contributed by atoms with E-state index < -0.39 is 5.41 Å². The summed E-state index contributed by atoms with van der Waals surface area (Å²) in [5.41, 5.74) is 4.64. The van der Waals surface area contributed by atoms with Crippen molar-refractivity contribution in [3.63, 3.8) is 0 Å². The normalized spacial score (nSPS) is 12.5. The van der Waals surface area contributed by atoms with Crippen molar-refractivity contribution >= 4 is 11.7 Å². The van der Waals surface area contributed by atoms with Crippen molar-refractivity contribution in [1.82, 2.24) is 10.3 Å². The van der Waals surface area contributed by atoms with Gasteiger partial charge in [-0.05, 0) is 19.8 Å². The third-order valence-electron chi connectivity index (χ3n) is 3.31. The van der Waals surface area contributed by atoms with Crippen LogP contribution in [-0.4, -0.2) is 21.9 Å². The molecule has 0 bridgehead atoms. The number of nitrogens with zero attached hydrogens (tertiary/aromatic N) is 2. The number of oxazole rings is 1. The number of hydrogen-bond donors (Lipinski definition) is 3. The number of nitrogens with one attached hydrogen (secondary N) is 1. The predicted molar refractivity (Wildman–Crippen MR) is 69.5 cm³/mol. The number of rotatable bonds is 6. The second-order valence-electron chi connectivity index (χ2n) is 4.32. The van der Waals surface area contributed by atoms with Crippen LogP contribution < -0.4 is 11.1 Å². The Balaban J connectivity index is 2.78. The Kier molecular flexibility index (Phi) is 4.91. The smallest absolute Gasteiger partial charge is 0.234 e. The number of amidine groups is 1. The number of nitrogens with two attached hydrogens (primary N) is 1. The van der Waals surface area contributed by atoms with Gasteiger partial charge in [-0.15, -0.1) is 0 Å². The van der Waals surface area contributed by atoms with Gasteiger partial charge in [0.2, 0.25) is 11.8 Å². The summed E-state index contributed by atoms with van der Waals surface area (Å²) >= 11 is 0. The maximum atomic E-state index is 12.3. The molecular weight excluding hydrogens is 248 g/mol. The zero-order valence-corrected chi connectivity index (χ0v) is 11.4. The van der Waals surface area contributed by atoms with E-state index in [4.69, 9.17) is 15.4 Å². The first-order chi connectivity index (χ1) is 9.00. The van der Waals surface area contributed by atoms with Crippen LogP contribution in [0.15, 0.2) is 15.8 Å². The van der Waals surface area contributed by atoms with E-state index in [1.54, 1.807) is 13.1 Å². The zero-order chi connectivity index (χ0) is 14.5. The average molecular weight is 268 g/mol. The van der Waals surface area contributed by atoms with Crippen molar-refractivity contribution in [2.45, 2.75) is 40.2 Å². The van der Waals surface area contributed by atoms with Gasteiger partial charge in [-0.1, -0.05) is 19.0 Å². The summed E-state index contributed by atoms with van der Waals surface area (Å²) in [5, 5.41) is 14.5. The molecule has 7 heteroatoms. The highest BCUT2D eigenvalue weighted by molar-refractivity contribution is 6.06. The van der Waals surface area contributed by atoms with Crippen molar-refractivity contribution < 1.29 is 14.4 Å². The lowest BCUT2D eigenvalue weighted by molar-refractivity contribution is -0.128. The largest absolute Gasteiger partial charge is 0.444 e. The minimum atomic E-state index is -1.00. The number of aromatic nitrogens is 1. The molecule has 4 N–H and O–H groups in total. The average Bonchev–Trinajstić information content (AvgIpc) is 2.83. The fourth-order valence-corrected chi connectivity index (χ4v) is 1.95. The monoisotopic (exact) mass is 268 g/mol. The Hall–Kier alpha value is -2.05. The number of hydrogen-bond acceptors (Lipinski definition) is 5. The van der Waals surface area contributed by atoms with Crippen molar-refractivity contribution in [1.29, 1.82) is 0 Å². The third-order valence-corrected chi connectivity index (χ3v) is 3.31. The number of aryl methyl sites for hydroxylation is 1. The molecule has 0 saturated heterocycles. The summed E-state index contributed by atoms with van der Waals surface area (Å²) in [4.78, 5) is 16.2. The molecule has 0 spiro atoms. The van der Waals surface area contributed by atoms with Gasteiger partial charge in [0.25, 0.3) is 0 Å². The van der Waals surface area contributed by atoms with E-state index in [2.05, 4.69) is 15.5 Å². The molecule has 0 aromatic carbocycles. The van der Waals surface area contributed by atoms with Gasteiger partial charge in [0, 0.05) is 0 Å². The lowest BCUT2D eigenvalue weighted by Gasteiger charge is -2.28. The molecule has 0 fully saturated rings. The molecule has 0 atom stereocenters. The van der Waals surface area contributed by atoms with Crippen LogP contribution in [0.4, 0.5) is 0 Å². The molecule has 19 heavy (non-hydrogen) atoms. The van der Waals surface area contributed by atoms with Crippen LogP contribution in [0.1, 0.15) is 38.3 Å². The first-order valence-electron chi connectivity index (χ1n) is 6.17. The van der Waals surface area contributed by atoms with Gasteiger partial charge >= 0.3 is 0 Å². The van der Waals surface area contributed by atoms with Crippen molar-refractivity contribution in [3.05, 3.63) is 17.8 Å². The summed E-state index contributed by atoms with van der Waals surface area (Å²) in [6.45, 7) is 5.58. The van der Waals surface area contributed by atoms with Crippen LogP contribution in [0.3, 0.4) is 0 Å². The van der Waals surface area contributed by atoms with Gasteiger partial charge in [0.15, 0.2) is 5.84 Å². The van der Waals surface area contributed by atoms with Gasteiger partial charge in [-0.25, -0.2) is 4.98 Å². The molecule has 1 aromatic heterocycles. The van der Waals surface area contributed by atoms with Crippen molar-refractivity contribution in [3.8, 4) is 0 Å². The van der Waals surface area contributed by atoms with Crippen LogP contribution in [0, 0.1) is 12.3 Å². The number of oxime groups is 1. The van der Waals surface area contributed by atoms with E-state index in [1.807, 2.05) is 13.8 Å². The fraction of sp³-hybridized carbons (Fsp3) is 0.583. The molecule has 0 unspecified atom stereocenters. The minimum Gasteiger partial charge on any atom is -0.444 e. The molecule has 1 rings (SSSR count). The molecule has 1 aromatic rings. The number of amides is 1. The lowest BCUT2D eigenvalue weighted by Crippen LogP contribution is -2.49. The maximum absolute atomic E-state index is 12.3. The van der Waals surface area contributed by atoms with Gasteiger partial charge in [0.1, 0.15) is 11.2 Å². The molecule has 7 nitrogen and oxygen atoms in total. The molecule has 1 heterocycles. The topological polar surface area (TPSA) is 114 Å². The Labute approximate surface area is 111 Å². The first kappa shape index (κ1) is 15.0. The van der Waals surface area contributed by atoms with Crippen LogP contribution in [0.2, 0.25) is 0 Å². The highest BCUT2D eigenvalue weighted by atomic mass is 16.4. The summed E-state index contributed by atoms with van der Waals surface area (Å²) in [7, 11) is 0. The second-order valence-corrected chi connectivity index (χ2v) is 4.32. The summed E-state index contributed by atoms with van der Waals surface area (Å²) < 4.78 is 5.26. The van der Waals surface area contributed by atoms with E-state index in [9.17, 15) is 4.79 Å². The second kappa shape index (κ2) is 6.21. The number of carbonyl (C=O) groups excluding carboxylic acids is 1. The van der Waals surface area contributed by atoms with Crippen LogP contribution >= 0.6 is 0 Å². The Morgan fingerprint density at radius 3 is 2.63 bits per heavy atom. The Morgan fingerprint density at radius 1 is 1.58 bits per heavy atom. The molecule has 0 aliphatic carbocycles. The molecule has 106 valence electrons. The Bertz CT molecular complexity index is 463. The summed E-state index contributed by atoms with van der Waals surface area (Å²) in [6.07, 6.45) is 2.46. The van der Waals surface area contributed by atoms with Crippen LogP contribution in [0.5, 0.6) is 0 Å². The molecule has 0 aliphatic rings. The maximum Gasteiger partial charge on any atom is 0.234 e. The third kappa shape index (κ3) is 3.04. The Morgan fingerprint density at radius 2 is 2.21 bits per heavy atom. The van der Waals surface area contributed by atoms with Gasteiger partial charge in [0.05, 0.1) is 12.7 Å². The molecule has 0 radical (unpaired) electrons. The summed E-state index contributed by atoms with van der Waals surface area (Å²) in [6, 6.07) is 0. The molecular formula is C12H20N4O3. The molecule has 0 saturated carbocycles. The fourth-order valence-electron chi connectivity index (χ4n) is 1.95. The van der Waals surface area contributed by atoms with E-state index in [0.29, 0.717) is 24.5 Å². The highest BCUT2D eigenvalue weighted by Crippen LogP contribution is 2.27. The SMILES string of the molecule is CCC(CC)(C(=O)NCc1ncc(C)o1)/C(N)=N/O.